The molecule has 0 aliphatic carbocycles. The lowest BCUT2D eigenvalue weighted by Gasteiger charge is -2.21. The number of nitrogens with one attached hydrogen (secondary N) is 1. The number of nitrogens with zero attached hydrogens (tertiary/aromatic N) is 2. The van der Waals surface area contributed by atoms with Gasteiger partial charge in [0.05, 0.1) is 4.47 Å². The fourth-order valence-electron chi connectivity index (χ4n) is 2.61. The minimum Gasteiger partial charge on any atom is -0.339 e. The Balaban J connectivity index is 1.63. The van der Waals surface area contributed by atoms with Crippen LogP contribution in [0, 0.1) is 11.7 Å². The fourth-order valence-corrected chi connectivity index (χ4v) is 2.99. The first-order chi connectivity index (χ1) is 10.2. The van der Waals surface area contributed by atoms with Crippen LogP contribution in [0.5, 0.6) is 0 Å². The molecule has 1 aliphatic heterocycles. The highest BCUT2D eigenvalue weighted by Crippen LogP contribution is 2.24. The number of aryl methyl sites for hydroxylation is 1. The molecule has 3 rings (SSSR count). The molecule has 1 aliphatic rings. The molecule has 0 amide bonds. The van der Waals surface area contributed by atoms with E-state index in [0.29, 0.717) is 22.1 Å². The van der Waals surface area contributed by atoms with Gasteiger partial charge in [0.2, 0.25) is 11.7 Å². The topological polar surface area (TPSA) is 51.0 Å². The molecule has 6 heteroatoms. The van der Waals surface area contributed by atoms with Gasteiger partial charge in [-0.05, 0) is 72.4 Å². The predicted octanol–water partition coefficient (Wildman–Crippen LogP) is 3.57. The Morgan fingerprint density at radius 1 is 1.43 bits per heavy atom. The quantitative estimate of drug-likeness (QED) is 0.912. The van der Waals surface area contributed by atoms with Crippen LogP contribution in [0.3, 0.4) is 0 Å². The summed E-state index contributed by atoms with van der Waals surface area (Å²) in [7, 11) is 0. The molecular weight excluding hydrogens is 337 g/mol. The Bertz CT molecular complexity index is 611. The van der Waals surface area contributed by atoms with Gasteiger partial charge >= 0.3 is 0 Å². The van der Waals surface area contributed by atoms with Gasteiger partial charge in [-0.2, -0.15) is 4.98 Å². The summed E-state index contributed by atoms with van der Waals surface area (Å²) in [5.41, 5.74) is 0.748. The molecule has 2 aromatic rings. The van der Waals surface area contributed by atoms with E-state index in [1.165, 1.54) is 18.9 Å². The van der Waals surface area contributed by atoms with Gasteiger partial charge in [0.1, 0.15) is 5.82 Å². The van der Waals surface area contributed by atoms with Crippen LogP contribution in [-0.4, -0.2) is 23.2 Å². The van der Waals surface area contributed by atoms with Crippen LogP contribution in [0.25, 0.3) is 11.4 Å². The average molecular weight is 354 g/mol. The second kappa shape index (κ2) is 6.66. The van der Waals surface area contributed by atoms with E-state index in [1.807, 2.05) is 0 Å². The molecule has 0 radical (unpaired) electrons. The summed E-state index contributed by atoms with van der Waals surface area (Å²) in [6.07, 6.45) is 4.35. The number of hydrogen-bond donors (Lipinski definition) is 1. The first-order valence-electron chi connectivity index (χ1n) is 7.21. The van der Waals surface area contributed by atoms with Crippen molar-refractivity contribution in [3.05, 3.63) is 34.4 Å². The average Bonchev–Trinajstić information content (AvgIpc) is 2.98. The molecule has 112 valence electrons. The molecule has 4 nitrogen and oxygen atoms in total. The zero-order chi connectivity index (χ0) is 14.7. The number of hydrogen-bond acceptors (Lipinski definition) is 4. The monoisotopic (exact) mass is 353 g/mol. The third kappa shape index (κ3) is 3.68. The van der Waals surface area contributed by atoms with Crippen LogP contribution in [-0.2, 0) is 6.42 Å². The SMILES string of the molecule is Fc1ccc(-c2noc(CCC3CCCNC3)n2)cc1Br. The first kappa shape index (κ1) is 14.7. The van der Waals surface area contributed by atoms with Crippen molar-refractivity contribution in [1.82, 2.24) is 15.5 Å². The molecular formula is C15H17BrFN3O. The standard InChI is InChI=1S/C15H17BrFN3O/c16-12-8-11(4-5-13(12)17)15-19-14(21-20-15)6-3-10-2-1-7-18-9-10/h4-5,8,10,18H,1-3,6-7,9H2. The van der Waals surface area contributed by atoms with Crippen LogP contribution in [0.1, 0.15) is 25.2 Å². The predicted molar refractivity (Wildman–Crippen MR) is 81.3 cm³/mol. The van der Waals surface area contributed by atoms with Crippen molar-refractivity contribution in [3.8, 4) is 11.4 Å². The zero-order valence-corrected chi connectivity index (χ0v) is 13.2. The van der Waals surface area contributed by atoms with Crippen molar-refractivity contribution in [1.29, 1.82) is 0 Å². The maximum Gasteiger partial charge on any atom is 0.226 e. The van der Waals surface area contributed by atoms with E-state index < -0.39 is 0 Å². The van der Waals surface area contributed by atoms with Gasteiger partial charge in [-0.1, -0.05) is 5.16 Å². The van der Waals surface area contributed by atoms with Crippen molar-refractivity contribution in [2.45, 2.75) is 25.7 Å². The Morgan fingerprint density at radius 3 is 3.10 bits per heavy atom. The van der Waals surface area contributed by atoms with Crippen LogP contribution >= 0.6 is 15.9 Å². The Morgan fingerprint density at radius 2 is 2.33 bits per heavy atom. The molecule has 1 atom stereocenters. The summed E-state index contributed by atoms with van der Waals surface area (Å²) in [6.45, 7) is 2.20. The fraction of sp³-hybridized carbons (Fsp3) is 0.467. The molecule has 1 unspecified atom stereocenters. The summed E-state index contributed by atoms with van der Waals surface area (Å²) >= 11 is 3.16. The van der Waals surface area contributed by atoms with E-state index in [4.69, 9.17) is 4.52 Å². The Kier molecular flexibility index (Phi) is 4.65. The van der Waals surface area contributed by atoms with Gasteiger partial charge in [-0.15, -0.1) is 0 Å². The molecule has 1 saturated heterocycles. The lowest BCUT2D eigenvalue weighted by molar-refractivity contribution is 0.327. The molecule has 0 saturated carbocycles. The lowest BCUT2D eigenvalue weighted by Crippen LogP contribution is -2.29. The van der Waals surface area contributed by atoms with E-state index in [2.05, 4.69) is 31.4 Å². The van der Waals surface area contributed by atoms with Crippen LogP contribution in [0.15, 0.2) is 27.2 Å². The van der Waals surface area contributed by atoms with Gasteiger partial charge in [0, 0.05) is 12.0 Å². The third-order valence-corrected chi connectivity index (χ3v) is 4.42. The van der Waals surface area contributed by atoms with E-state index >= 15 is 0 Å². The molecule has 1 fully saturated rings. The second-order valence-corrected chi connectivity index (χ2v) is 6.25. The van der Waals surface area contributed by atoms with Gasteiger partial charge < -0.3 is 9.84 Å². The third-order valence-electron chi connectivity index (χ3n) is 3.81. The smallest absolute Gasteiger partial charge is 0.226 e. The molecule has 1 N–H and O–H groups in total. The lowest BCUT2D eigenvalue weighted by atomic mass is 9.95. The highest BCUT2D eigenvalue weighted by Gasteiger charge is 2.15. The van der Waals surface area contributed by atoms with Crippen molar-refractivity contribution >= 4 is 15.9 Å². The molecule has 0 bridgehead atoms. The van der Waals surface area contributed by atoms with Gasteiger partial charge in [0.15, 0.2) is 0 Å². The maximum absolute atomic E-state index is 13.2. The van der Waals surface area contributed by atoms with E-state index in [1.54, 1.807) is 12.1 Å². The molecule has 0 spiro atoms. The Labute approximate surface area is 131 Å². The zero-order valence-electron chi connectivity index (χ0n) is 11.6. The summed E-state index contributed by atoms with van der Waals surface area (Å²) in [4.78, 5) is 4.39. The maximum atomic E-state index is 13.2. The van der Waals surface area contributed by atoms with Crippen molar-refractivity contribution < 1.29 is 8.91 Å². The molecule has 1 aromatic heterocycles. The summed E-state index contributed by atoms with van der Waals surface area (Å²) in [6, 6.07) is 4.71. The summed E-state index contributed by atoms with van der Waals surface area (Å²) < 4.78 is 18.9. The van der Waals surface area contributed by atoms with Gasteiger partial charge in [-0.25, -0.2) is 4.39 Å². The van der Waals surface area contributed by atoms with Crippen molar-refractivity contribution in [3.63, 3.8) is 0 Å². The van der Waals surface area contributed by atoms with E-state index in [9.17, 15) is 4.39 Å². The largest absolute Gasteiger partial charge is 0.339 e. The number of piperidine rings is 1. The minimum absolute atomic E-state index is 0.299. The second-order valence-electron chi connectivity index (χ2n) is 5.39. The molecule has 1 aromatic carbocycles. The van der Waals surface area contributed by atoms with E-state index in [0.717, 1.165) is 31.5 Å². The number of benzene rings is 1. The van der Waals surface area contributed by atoms with Gasteiger partial charge in [0.25, 0.3) is 0 Å². The van der Waals surface area contributed by atoms with Gasteiger partial charge in [-0.3, -0.25) is 0 Å². The number of rotatable bonds is 4. The Hall–Kier alpha value is -1.27. The number of halogens is 2. The number of aromatic nitrogens is 2. The first-order valence-corrected chi connectivity index (χ1v) is 8.00. The molecule has 2 heterocycles. The normalized spacial score (nSPS) is 18.9. The summed E-state index contributed by atoms with van der Waals surface area (Å²) in [5, 5.41) is 7.38. The van der Waals surface area contributed by atoms with Crippen molar-refractivity contribution in [2.75, 3.05) is 13.1 Å². The van der Waals surface area contributed by atoms with Crippen LogP contribution < -0.4 is 5.32 Å². The summed E-state index contributed by atoms with van der Waals surface area (Å²) in [5.74, 6) is 1.55. The van der Waals surface area contributed by atoms with E-state index in [-0.39, 0.29) is 5.82 Å². The minimum atomic E-state index is -0.299. The highest BCUT2D eigenvalue weighted by atomic mass is 79.9. The van der Waals surface area contributed by atoms with Crippen LogP contribution in [0.4, 0.5) is 4.39 Å². The van der Waals surface area contributed by atoms with Crippen LogP contribution in [0.2, 0.25) is 0 Å². The molecule has 21 heavy (non-hydrogen) atoms. The van der Waals surface area contributed by atoms with Crippen molar-refractivity contribution in [2.24, 2.45) is 5.92 Å². The highest BCUT2D eigenvalue weighted by molar-refractivity contribution is 9.10.